The van der Waals surface area contributed by atoms with Gasteiger partial charge in [0, 0.05) is 11.9 Å². The summed E-state index contributed by atoms with van der Waals surface area (Å²) in [5.41, 5.74) is 0. The molecule has 0 saturated carbocycles. The number of hydrogen-bond donors (Lipinski definition) is 0. The molecule has 0 atom stereocenters. The van der Waals surface area contributed by atoms with Gasteiger partial charge in [-0.05, 0) is 13.8 Å². The maximum atomic E-state index is 8.89. The van der Waals surface area contributed by atoms with Crippen LogP contribution in [-0.2, 0) is 9.59 Å². The fraction of sp³-hybridized carbons (Fsp3) is 0.500. The molecule has 0 aromatic carbocycles. The van der Waals surface area contributed by atoms with Crippen molar-refractivity contribution in [2.75, 3.05) is 0 Å². The summed E-state index contributed by atoms with van der Waals surface area (Å²) in [5, 5.41) is 17.8. The molecular weight excluding hydrogens is 289 g/mol. The van der Waals surface area contributed by atoms with Crippen LogP contribution in [0.4, 0.5) is 0 Å². The summed E-state index contributed by atoms with van der Waals surface area (Å²) in [6, 6.07) is 0. The average molecular weight is 295 g/mol. The van der Waals surface area contributed by atoms with E-state index < -0.39 is 11.9 Å². The molecule has 0 bridgehead atoms. The Bertz CT molecular complexity index is 75.3. The number of aliphatic carboxylic acids is 2. The van der Waals surface area contributed by atoms with E-state index >= 15 is 0 Å². The zero-order valence-corrected chi connectivity index (χ0v) is 12.7. The quantitative estimate of drug-likeness (QED) is 0.440. The summed E-state index contributed by atoms with van der Waals surface area (Å²) in [5.74, 6) is -2.17. The zero-order chi connectivity index (χ0) is 7.15. The number of hydrogen-bond acceptors (Lipinski definition) is 4. The Hall–Kier alpha value is 1.77. The van der Waals surface area contributed by atoms with Crippen molar-refractivity contribution in [1.82, 2.24) is 0 Å². The molecule has 0 unspecified atom stereocenters. The first-order chi connectivity index (χ1) is 3.46. The van der Waals surface area contributed by atoms with Gasteiger partial charge >= 0.3 is 86.6 Å². The van der Waals surface area contributed by atoms with Crippen LogP contribution >= 0.6 is 0 Å². The van der Waals surface area contributed by atoms with E-state index in [0.29, 0.717) is 0 Å². The molecule has 0 heterocycles. The van der Waals surface area contributed by atoms with Gasteiger partial charge in [0.1, 0.15) is 0 Å². The van der Waals surface area contributed by atoms with Crippen LogP contribution in [0.2, 0.25) is 0 Å². The zero-order valence-electron chi connectivity index (χ0n) is 6.05. The fourth-order valence-electron chi connectivity index (χ4n) is 0. The van der Waals surface area contributed by atoms with Crippen molar-refractivity contribution in [1.29, 1.82) is 0 Å². The molecule has 0 rings (SSSR count). The third-order valence-corrected chi connectivity index (χ3v) is 0. The molecule has 0 N–H and O–H groups in total. The molecule has 0 aliphatic carbocycles. The van der Waals surface area contributed by atoms with Gasteiger partial charge in [0.05, 0.1) is 0 Å². The van der Waals surface area contributed by atoms with Gasteiger partial charge in [-0.3, -0.25) is 0 Å². The first-order valence-corrected chi connectivity index (χ1v) is 1.82. The predicted octanol–water partition coefficient (Wildman–Crippen LogP) is -3.25. The average Bonchev–Trinajstić information content (AvgIpc) is 1.25. The third-order valence-electron chi connectivity index (χ3n) is 0. The molecule has 0 aliphatic heterocycles. The van der Waals surface area contributed by atoms with E-state index in [1.807, 2.05) is 0 Å². The van der Waals surface area contributed by atoms with Crippen molar-refractivity contribution < 1.29 is 19.8 Å². The second kappa shape index (κ2) is 17.0. The van der Waals surface area contributed by atoms with Crippen LogP contribution in [0, 0.1) is 0 Å². The van der Waals surface area contributed by atoms with Crippen LogP contribution < -0.4 is 10.2 Å². The Kier molecular flexibility index (Phi) is 38.5. The summed E-state index contributed by atoms with van der Waals surface area (Å²) in [6.07, 6.45) is 0. The van der Waals surface area contributed by atoms with Gasteiger partial charge in [-0.2, -0.15) is 0 Å². The summed E-state index contributed by atoms with van der Waals surface area (Å²) in [7, 11) is 0. The van der Waals surface area contributed by atoms with Crippen LogP contribution in [0.15, 0.2) is 0 Å². The number of carboxylic acid groups (broad SMARTS) is 2. The topological polar surface area (TPSA) is 80.3 Å². The molecule has 0 saturated heterocycles. The summed E-state index contributed by atoms with van der Waals surface area (Å²) >= 11 is 0. The molecule has 0 aromatic rings. The smallest absolute Gasteiger partial charge is 0.550 e. The van der Waals surface area contributed by atoms with Crippen molar-refractivity contribution in [3.05, 3.63) is 0 Å². The summed E-state index contributed by atoms with van der Waals surface area (Å²) < 4.78 is 0. The standard InChI is InChI=1S/2C2H4O2.Ba.Ca/c2*1-2(3)4;;/h2*1H3,(H,3,4);;/q;;2*+2/p-2. The van der Waals surface area contributed by atoms with E-state index in [1.54, 1.807) is 0 Å². The molecule has 6 heteroatoms. The van der Waals surface area contributed by atoms with Crippen LogP contribution in [0.3, 0.4) is 0 Å². The van der Waals surface area contributed by atoms with Crippen LogP contribution in [-0.4, -0.2) is 98.6 Å². The van der Waals surface area contributed by atoms with E-state index in [1.165, 1.54) is 0 Å². The van der Waals surface area contributed by atoms with E-state index in [4.69, 9.17) is 19.8 Å². The minimum atomic E-state index is -1.08. The van der Waals surface area contributed by atoms with Gasteiger partial charge in [-0.25, -0.2) is 0 Å². The van der Waals surface area contributed by atoms with Gasteiger partial charge in [0.25, 0.3) is 0 Å². The molecule has 0 aromatic heterocycles. The second-order valence-electron chi connectivity index (χ2n) is 0.983. The number of carbonyl (C=O) groups is 2. The number of rotatable bonds is 0. The van der Waals surface area contributed by atoms with Gasteiger partial charge in [0.15, 0.2) is 0 Å². The SMILES string of the molecule is CC(=O)[O-].CC(=O)[O-].[Ba+2].[Ca+2]. The monoisotopic (exact) mass is 296 g/mol. The summed E-state index contributed by atoms with van der Waals surface area (Å²) in [6.45, 7) is 1.94. The van der Waals surface area contributed by atoms with Crippen molar-refractivity contribution in [3.8, 4) is 0 Å². The minimum Gasteiger partial charge on any atom is -0.550 e. The number of carboxylic acids is 2. The van der Waals surface area contributed by atoms with Crippen molar-refractivity contribution in [2.24, 2.45) is 0 Å². The third kappa shape index (κ3) is 240. The van der Waals surface area contributed by atoms with Gasteiger partial charge in [-0.15, -0.1) is 0 Å². The van der Waals surface area contributed by atoms with Gasteiger partial charge in [0.2, 0.25) is 0 Å². The van der Waals surface area contributed by atoms with Gasteiger partial charge in [-0.1, -0.05) is 0 Å². The van der Waals surface area contributed by atoms with Crippen LogP contribution in [0.1, 0.15) is 13.8 Å². The van der Waals surface area contributed by atoms with E-state index in [9.17, 15) is 0 Å². The fourth-order valence-corrected chi connectivity index (χ4v) is 0. The van der Waals surface area contributed by atoms with Gasteiger partial charge < -0.3 is 19.8 Å². The van der Waals surface area contributed by atoms with E-state index in [-0.39, 0.29) is 86.6 Å². The second-order valence-corrected chi connectivity index (χ2v) is 0.983. The molecule has 0 spiro atoms. The molecule has 4 nitrogen and oxygen atoms in total. The molecule has 0 amide bonds. The maximum Gasteiger partial charge on any atom is 2.00 e. The summed E-state index contributed by atoms with van der Waals surface area (Å²) in [4.78, 5) is 17.8. The molecule has 0 aliphatic rings. The largest absolute Gasteiger partial charge is 2.00 e. The Labute approximate surface area is 129 Å². The van der Waals surface area contributed by atoms with E-state index in [0.717, 1.165) is 13.8 Å². The Morgan fingerprint density at radius 3 is 1.00 bits per heavy atom. The Balaban J connectivity index is -0.0000000300. The van der Waals surface area contributed by atoms with Crippen LogP contribution in [0.5, 0.6) is 0 Å². The Morgan fingerprint density at radius 2 is 1.00 bits per heavy atom. The Morgan fingerprint density at radius 1 is 1.00 bits per heavy atom. The molecule has 0 radical (unpaired) electrons. The predicted molar refractivity (Wildman–Crippen MR) is 32.9 cm³/mol. The first-order valence-electron chi connectivity index (χ1n) is 1.82. The van der Waals surface area contributed by atoms with Crippen molar-refractivity contribution in [2.45, 2.75) is 13.8 Å². The molecular formula is C4H6BaCaO4+2. The van der Waals surface area contributed by atoms with Crippen molar-refractivity contribution >= 4 is 98.6 Å². The van der Waals surface area contributed by atoms with E-state index in [2.05, 4.69) is 0 Å². The first kappa shape index (κ1) is 22.6. The number of carbonyl (C=O) groups excluding carboxylic acids is 2. The molecule has 48 valence electrons. The van der Waals surface area contributed by atoms with Crippen molar-refractivity contribution in [3.63, 3.8) is 0 Å². The maximum absolute atomic E-state index is 8.89. The normalized spacial score (nSPS) is 5.00. The van der Waals surface area contributed by atoms with Crippen LogP contribution in [0.25, 0.3) is 0 Å². The molecule has 10 heavy (non-hydrogen) atoms. The minimum absolute atomic E-state index is 0. The molecule has 0 fully saturated rings.